The smallest absolute Gasteiger partial charge is 0.315 e. The second-order valence-corrected chi connectivity index (χ2v) is 5.35. The number of aryl methyl sites for hydroxylation is 1. The highest BCUT2D eigenvalue weighted by molar-refractivity contribution is 5.74. The van der Waals surface area contributed by atoms with Gasteiger partial charge in [0.25, 0.3) is 0 Å². The van der Waals surface area contributed by atoms with Gasteiger partial charge in [0.2, 0.25) is 0 Å². The third-order valence-electron chi connectivity index (χ3n) is 3.81. The van der Waals surface area contributed by atoms with Gasteiger partial charge in [-0.2, -0.15) is 0 Å². The molecule has 1 saturated heterocycles. The van der Waals surface area contributed by atoms with Crippen LogP contribution in [0.5, 0.6) is 0 Å². The van der Waals surface area contributed by atoms with E-state index in [1.165, 1.54) is 11.3 Å². The van der Waals surface area contributed by atoms with Crippen LogP contribution in [0.15, 0.2) is 24.3 Å². The summed E-state index contributed by atoms with van der Waals surface area (Å²) in [6.45, 7) is 2.18. The van der Waals surface area contributed by atoms with Crippen LogP contribution >= 0.6 is 0 Å². The molecule has 6 nitrogen and oxygen atoms in total. The summed E-state index contributed by atoms with van der Waals surface area (Å²) in [7, 11) is 0. The van der Waals surface area contributed by atoms with Crippen molar-refractivity contribution in [1.82, 2.24) is 21.5 Å². The largest absolute Gasteiger partial charge is 0.380 e. The van der Waals surface area contributed by atoms with Crippen molar-refractivity contribution >= 4 is 11.7 Å². The number of benzene rings is 1. The molecule has 0 radical (unpaired) electrons. The van der Waals surface area contributed by atoms with E-state index in [0.717, 1.165) is 25.9 Å². The number of fused-ring (bicyclic) bond motifs is 1. The van der Waals surface area contributed by atoms with Crippen molar-refractivity contribution in [3.8, 4) is 0 Å². The molecule has 0 bridgehead atoms. The quantitative estimate of drug-likeness (QED) is 0.546. The lowest BCUT2D eigenvalue weighted by atomic mass is 9.98. The van der Waals surface area contributed by atoms with Crippen molar-refractivity contribution in [3.05, 3.63) is 29.8 Å². The van der Waals surface area contributed by atoms with Gasteiger partial charge in [0.15, 0.2) is 0 Å². The average Bonchev–Trinajstić information content (AvgIpc) is 2.98. The molecule has 5 N–H and O–H groups in total. The van der Waals surface area contributed by atoms with Crippen LogP contribution in [0.3, 0.4) is 0 Å². The topological polar surface area (TPSA) is 77.2 Å². The number of hydrogen-bond acceptors (Lipinski definition) is 4. The molecular formula is C14H21N5O. The molecule has 0 saturated carbocycles. The highest BCUT2D eigenvalue weighted by Gasteiger charge is 2.19. The Hall–Kier alpha value is -1.79. The molecule has 1 atom stereocenters. The third kappa shape index (κ3) is 3.20. The van der Waals surface area contributed by atoms with Crippen molar-refractivity contribution in [2.45, 2.75) is 24.9 Å². The Morgan fingerprint density at radius 2 is 2.05 bits per heavy atom. The van der Waals surface area contributed by atoms with Crippen LogP contribution < -0.4 is 26.8 Å². The first-order valence-corrected chi connectivity index (χ1v) is 7.16. The van der Waals surface area contributed by atoms with E-state index in [9.17, 15) is 4.79 Å². The summed E-state index contributed by atoms with van der Waals surface area (Å²) in [5, 5.41) is 9.36. The van der Waals surface area contributed by atoms with Crippen LogP contribution in [0, 0.1) is 0 Å². The van der Waals surface area contributed by atoms with Crippen molar-refractivity contribution in [1.29, 1.82) is 0 Å². The van der Waals surface area contributed by atoms with E-state index in [0.29, 0.717) is 12.6 Å². The molecule has 6 heteroatoms. The van der Waals surface area contributed by atoms with Gasteiger partial charge >= 0.3 is 6.03 Å². The van der Waals surface area contributed by atoms with E-state index in [1.54, 1.807) is 0 Å². The van der Waals surface area contributed by atoms with E-state index in [2.05, 4.69) is 45.0 Å². The summed E-state index contributed by atoms with van der Waals surface area (Å²) in [5.41, 5.74) is 8.53. The summed E-state index contributed by atoms with van der Waals surface area (Å²) in [5.74, 6) is 0. The van der Waals surface area contributed by atoms with Gasteiger partial charge in [-0.15, -0.1) is 0 Å². The molecule has 2 heterocycles. The Morgan fingerprint density at radius 3 is 2.90 bits per heavy atom. The Labute approximate surface area is 118 Å². The molecule has 2 aliphatic rings. The second-order valence-electron chi connectivity index (χ2n) is 5.35. The van der Waals surface area contributed by atoms with E-state index in [4.69, 9.17) is 0 Å². The molecule has 0 spiro atoms. The van der Waals surface area contributed by atoms with Gasteiger partial charge in [-0.05, 0) is 24.5 Å². The van der Waals surface area contributed by atoms with Crippen molar-refractivity contribution < 1.29 is 4.79 Å². The molecule has 0 aliphatic carbocycles. The van der Waals surface area contributed by atoms with Crippen molar-refractivity contribution in [3.63, 3.8) is 0 Å². The highest BCUT2D eigenvalue weighted by Crippen LogP contribution is 2.23. The van der Waals surface area contributed by atoms with Crippen LogP contribution in [-0.4, -0.2) is 37.7 Å². The summed E-state index contributed by atoms with van der Waals surface area (Å²) in [6.07, 6.45) is 2.11. The maximum Gasteiger partial charge on any atom is 0.315 e. The monoisotopic (exact) mass is 275 g/mol. The predicted molar refractivity (Wildman–Crippen MR) is 78.5 cm³/mol. The second kappa shape index (κ2) is 6.11. The number of nitrogens with one attached hydrogen (secondary N) is 5. The fourth-order valence-corrected chi connectivity index (χ4v) is 2.67. The maximum atomic E-state index is 11.8. The van der Waals surface area contributed by atoms with Gasteiger partial charge in [-0.3, -0.25) is 10.9 Å². The minimum atomic E-state index is -0.0961. The highest BCUT2D eigenvalue weighted by atomic mass is 16.2. The van der Waals surface area contributed by atoms with Crippen LogP contribution in [0.25, 0.3) is 0 Å². The van der Waals surface area contributed by atoms with E-state index < -0.39 is 0 Å². The molecule has 1 aromatic rings. The lowest BCUT2D eigenvalue weighted by Crippen LogP contribution is -2.47. The number of amides is 2. The molecule has 3 rings (SSSR count). The SMILES string of the molecule is O=C(NCC1CCc2ccccc2N1)NC1CNNC1. The van der Waals surface area contributed by atoms with E-state index >= 15 is 0 Å². The molecule has 1 fully saturated rings. The summed E-state index contributed by atoms with van der Waals surface area (Å²) >= 11 is 0. The van der Waals surface area contributed by atoms with E-state index in [-0.39, 0.29) is 12.1 Å². The number of rotatable bonds is 3. The Balaban J connectivity index is 1.44. The average molecular weight is 275 g/mol. The zero-order valence-electron chi connectivity index (χ0n) is 11.4. The summed E-state index contributed by atoms with van der Waals surface area (Å²) < 4.78 is 0. The van der Waals surface area contributed by atoms with Crippen LogP contribution in [0.4, 0.5) is 10.5 Å². The zero-order valence-corrected chi connectivity index (χ0v) is 11.4. The van der Waals surface area contributed by atoms with Gasteiger partial charge in [0.1, 0.15) is 0 Å². The minimum absolute atomic E-state index is 0.0961. The minimum Gasteiger partial charge on any atom is -0.380 e. The number of urea groups is 1. The maximum absolute atomic E-state index is 11.8. The number of hydrogen-bond donors (Lipinski definition) is 5. The number of anilines is 1. The zero-order chi connectivity index (χ0) is 13.8. The normalized spacial score (nSPS) is 21.9. The lowest BCUT2D eigenvalue weighted by molar-refractivity contribution is 0.237. The van der Waals surface area contributed by atoms with Crippen molar-refractivity contribution in [2.75, 3.05) is 25.0 Å². The van der Waals surface area contributed by atoms with Crippen molar-refractivity contribution in [2.24, 2.45) is 0 Å². The summed E-state index contributed by atoms with van der Waals surface area (Å²) in [6, 6.07) is 8.72. The Morgan fingerprint density at radius 1 is 1.25 bits per heavy atom. The molecule has 2 aliphatic heterocycles. The first-order chi connectivity index (χ1) is 9.81. The summed E-state index contributed by atoms with van der Waals surface area (Å²) in [4.78, 5) is 11.8. The third-order valence-corrected chi connectivity index (χ3v) is 3.81. The predicted octanol–water partition coefficient (Wildman–Crippen LogP) is 0.189. The number of carbonyl (C=O) groups excluding carboxylic acids is 1. The number of hydrazine groups is 1. The van der Waals surface area contributed by atoms with Gasteiger partial charge in [-0.25, -0.2) is 4.79 Å². The Kier molecular flexibility index (Phi) is 4.03. The fraction of sp³-hybridized carbons (Fsp3) is 0.500. The molecule has 108 valence electrons. The molecule has 20 heavy (non-hydrogen) atoms. The molecular weight excluding hydrogens is 254 g/mol. The number of para-hydroxylation sites is 1. The number of carbonyl (C=O) groups is 1. The van der Waals surface area contributed by atoms with Crippen LogP contribution in [-0.2, 0) is 6.42 Å². The lowest BCUT2D eigenvalue weighted by Gasteiger charge is -2.27. The first-order valence-electron chi connectivity index (χ1n) is 7.16. The van der Waals surface area contributed by atoms with Gasteiger partial charge < -0.3 is 16.0 Å². The fourth-order valence-electron chi connectivity index (χ4n) is 2.67. The molecule has 0 aromatic heterocycles. The van der Waals surface area contributed by atoms with Gasteiger partial charge in [-0.1, -0.05) is 18.2 Å². The molecule has 1 unspecified atom stereocenters. The molecule has 2 amide bonds. The van der Waals surface area contributed by atoms with Crippen LogP contribution in [0.2, 0.25) is 0 Å². The van der Waals surface area contributed by atoms with Crippen LogP contribution in [0.1, 0.15) is 12.0 Å². The molecule has 1 aromatic carbocycles. The standard InChI is InChI=1S/C14H21N5O/c20-14(19-12-8-16-17-9-12)15-7-11-6-5-10-3-1-2-4-13(10)18-11/h1-4,11-12,16-18H,5-9H2,(H2,15,19,20). The van der Waals surface area contributed by atoms with Gasteiger partial charge in [0.05, 0.1) is 6.04 Å². The van der Waals surface area contributed by atoms with Gasteiger partial charge in [0, 0.05) is 31.4 Å². The Bertz CT molecular complexity index is 472. The first kappa shape index (κ1) is 13.2. The van der Waals surface area contributed by atoms with E-state index in [1.807, 2.05) is 6.07 Å².